The summed E-state index contributed by atoms with van der Waals surface area (Å²) in [4.78, 5) is 0. The molecule has 0 saturated heterocycles. The molecule has 1 aromatic rings. The van der Waals surface area contributed by atoms with E-state index in [2.05, 4.69) is 0 Å². The van der Waals surface area contributed by atoms with Gasteiger partial charge >= 0.3 is 0 Å². The fourth-order valence-corrected chi connectivity index (χ4v) is 1.11. The Labute approximate surface area is 78.4 Å². The molecule has 1 rings (SSSR count). The summed E-state index contributed by atoms with van der Waals surface area (Å²) >= 11 is 0. The maximum absolute atomic E-state index is 9.02. The van der Waals surface area contributed by atoms with Crippen LogP contribution in [0.2, 0.25) is 0 Å². The van der Waals surface area contributed by atoms with E-state index in [1.54, 1.807) is 6.92 Å². The minimum absolute atomic E-state index is 0.0605. The molecule has 72 valence electrons. The molecule has 0 aliphatic carbocycles. The van der Waals surface area contributed by atoms with Crippen molar-refractivity contribution in [2.24, 2.45) is 11.5 Å². The van der Waals surface area contributed by atoms with Crippen LogP contribution in [0.5, 0.6) is 0 Å². The number of aliphatic hydroxyl groups excluding tert-OH is 1. The normalized spacial score (nSPS) is 15.4. The smallest absolute Gasteiger partial charge is 0.0650 e. The van der Waals surface area contributed by atoms with Crippen LogP contribution in [0.15, 0.2) is 24.3 Å². The van der Waals surface area contributed by atoms with Gasteiger partial charge in [-0.25, -0.2) is 0 Å². The van der Waals surface area contributed by atoms with E-state index in [0.717, 1.165) is 11.1 Å². The molecular weight excluding hydrogens is 164 g/mol. The second-order valence-electron chi connectivity index (χ2n) is 3.48. The Kier molecular flexibility index (Phi) is 3.03. The van der Waals surface area contributed by atoms with Gasteiger partial charge in [-0.05, 0) is 18.1 Å². The van der Waals surface area contributed by atoms with Crippen LogP contribution in [0.1, 0.15) is 18.1 Å². The van der Waals surface area contributed by atoms with Crippen LogP contribution in [0, 0.1) is 0 Å². The molecule has 0 spiro atoms. The first-order valence-electron chi connectivity index (χ1n) is 4.29. The van der Waals surface area contributed by atoms with Gasteiger partial charge in [-0.15, -0.1) is 0 Å². The summed E-state index contributed by atoms with van der Waals surface area (Å²) in [5.74, 6) is 0. The van der Waals surface area contributed by atoms with Crippen molar-refractivity contribution in [3.05, 3.63) is 35.4 Å². The van der Waals surface area contributed by atoms with Crippen LogP contribution in [0.25, 0.3) is 0 Å². The molecule has 5 N–H and O–H groups in total. The number of hydrogen-bond acceptors (Lipinski definition) is 3. The van der Waals surface area contributed by atoms with Crippen LogP contribution < -0.4 is 11.5 Å². The molecule has 13 heavy (non-hydrogen) atoms. The van der Waals surface area contributed by atoms with Gasteiger partial charge in [0.1, 0.15) is 0 Å². The molecule has 0 amide bonds. The lowest BCUT2D eigenvalue weighted by Gasteiger charge is -2.22. The summed E-state index contributed by atoms with van der Waals surface area (Å²) in [7, 11) is 0. The van der Waals surface area contributed by atoms with Gasteiger partial charge in [-0.1, -0.05) is 24.3 Å². The lowest BCUT2D eigenvalue weighted by molar-refractivity contribution is 0.210. The Morgan fingerprint density at radius 1 is 1.31 bits per heavy atom. The molecule has 0 radical (unpaired) electrons. The van der Waals surface area contributed by atoms with Crippen LogP contribution in [-0.4, -0.2) is 11.7 Å². The molecule has 0 aliphatic heterocycles. The van der Waals surface area contributed by atoms with E-state index in [1.165, 1.54) is 0 Å². The van der Waals surface area contributed by atoms with Crippen molar-refractivity contribution < 1.29 is 5.11 Å². The zero-order chi connectivity index (χ0) is 9.90. The Morgan fingerprint density at radius 2 is 1.85 bits per heavy atom. The Balaban J connectivity index is 2.92. The highest BCUT2D eigenvalue weighted by Crippen LogP contribution is 2.17. The third-order valence-corrected chi connectivity index (χ3v) is 2.18. The fourth-order valence-electron chi connectivity index (χ4n) is 1.11. The lowest BCUT2D eigenvalue weighted by atomic mass is 9.93. The molecule has 0 aliphatic rings. The summed E-state index contributed by atoms with van der Waals surface area (Å²) in [5.41, 5.74) is 12.6. The quantitative estimate of drug-likeness (QED) is 0.627. The summed E-state index contributed by atoms with van der Waals surface area (Å²) in [5, 5.41) is 9.02. The Morgan fingerprint density at radius 3 is 2.23 bits per heavy atom. The second kappa shape index (κ2) is 3.87. The Bertz CT molecular complexity index is 267. The highest BCUT2D eigenvalue weighted by Gasteiger charge is 2.19. The zero-order valence-corrected chi connectivity index (χ0v) is 7.83. The van der Waals surface area contributed by atoms with Gasteiger partial charge in [-0.3, -0.25) is 0 Å². The van der Waals surface area contributed by atoms with Gasteiger partial charge < -0.3 is 16.6 Å². The molecule has 0 heterocycles. The summed E-state index contributed by atoms with van der Waals surface area (Å²) < 4.78 is 0. The van der Waals surface area contributed by atoms with Gasteiger partial charge in [0.15, 0.2) is 0 Å². The minimum Gasteiger partial charge on any atom is -0.394 e. The molecule has 0 bridgehead atoms. The molecule has 0 unspecified atom stereocenters. The predicted octanol–water partition coefficient (Wildman–Crippen LogP) is 0.311. The van der Waals surface area contributed by atoms with Gasteiger partial charge in [0, 0.05) is 6.54 Å². The first-order valence-corrected chi connectivity index (χ1v) is 4.29. The summed E-state index contributed by atoms with van der Waals surface area (Å²) in [6.45, 7) is 2.26. The average Bonchev–Trinajstić information content (AvgIpc) is 2.18. The number of nitrogens with two attached hydrogens (primary N) is 2. The molecule has 0 aromatic heterocycles. The highest BCUT2D eigenvalue weighted by atomic mass is 16.3. The largest absolute Gasteiger partial charge is 0.394 e. The first kappa shape index (κ1) is 10.2. The third kappa shape index (κ3) is 2.28. The van der Waals surface area contributed by atoms with E-state index < -0.39 is 5.54 Å². The molecule has 1 atom stereocenters. The van der Waals surface area contributed by atoms with Crippen LogP contribution in [0.4, 0.5) is 0 Å². The highest BCUT2D eigenvalue weighted by molar-refractivity contribution is 5.27. The van der Waals surface area contributed by atoms with Crippen LogP contribution >= 0.6 is 0 Å². The maximum Gasteiger partial charge on any atom is 0.0650 e. The van der Waals surface area contributed by atoms with Crippen molar-refractivity contribution in [3.8, 4) is 0 Å². The monoisotopic (exact) mass is 180 g/mol. The number of benzene rings is 1. The Hall–Kier alpha value is -0.900. The third-order valence-electron chi connectivity index (χ3n) is 2.18. The molecule has 0 fully saturated rings. The molecule has 0 saturated carbocycles. The lowest BCUT2D eigenvalue weighted by Crippen LogP contribution is -2.36. The minimum atomic E-state index is -0.660. The number of hydrogen-bond donors (Lipinski definition) is 3. The summed E-state index contributed by atoms with van der Waals surface area (Å²) in [6.07, 6.45) is 0. The molecular formula is C10H16N2O. The molecule has 1 aromatic carbocycles. The first-order chi connectivity index (χ1) is 6.10. The van der Waals surface area contributed by atoms with E-state index in [9.17, 15) is 0 Å². The van der Waals surface area contributed by atoms with E-state index >= 15 is 0 Å². The van der Waals surface area contributed by atoms with E-state index in [1.807, 2.05) is 24.3 Å². The van der Waals surface area contributed by atoms with Crippen LogP contribution in [0.3, 0.4) is 0 Å². The van der Waals surface area contributed by atoms with Crippen molar-refractivity contribution in [3.63, 3.8) is 0 Å². The number of rotatable bonds is 3. The SMILES string of the molecule is C[C@](N)(CO)c1ccc(CN)cc1. The second-order valence-corrected chi connectivity index (χ2v) is 3.48. The van der Waals surface area contributed by atoms with Crippen molar-refractivity contribution >= 4 is 0 Å². The fraction of sp³-hybridized carbons (Fsp3) is 0.400. The average molecular weight is 180 g/mol. The van der Waals surface area contributed by atoms with E-state index in [4.69, 9.17) is 16.6 Å². The van der Waals surface area contributed by atoms with Crippen molar-refractivity contribution in [2.75, 3.05) is 6.61 Å². The van der Waals surface area contributed by atoms with E-state index in [0.29, 0.717) is 6.54 Å². The molecule has 3 nitrogen and oxygen atoms in total. The van der Waals surface area contributed by atoms with Gasteiger partial charge in [-0.2, -0.15) is 0 Å². The van der Waals surface area contributed by atoms with Crippen molar-refractivity contribution in [1.82, 2.24) is 0 Å². The molecule has 3 heteroatoms. The van der Waals surface area contributed by atoms with Gasteiger partial charge in [0.05, 0.1) is 12.1 Å². The zero-order valence-electron chi connectivity index (χ0n) is 7.83. The summed E-state index contributed by atoms with van der Waals surface area (Å²) in [6, 6.07) is 7.66. The van der Waals surface area contributed by atoms with Gasteiger partial charge in [0.2, 0.25) is 0 Å². The van der Waals surface area contributed by atoms with Crippen molar-refractivity contribution in [1.29, 1.82) is 0 Å². The predicted molar refractivity (Wildman–Crippen MR) is 53.0 cm³/mol. The van der Waals surface area contributed by atoms with Crippen molar-refractivity contribution in [2.45, 2.75) is 19.0 Å². The standard InChI is InChI=1S/C10H16N2O/c1-10(12,7-13)9-4-2-8(6-11)3-5-9/h2-5,13H,6-7,11-12H2,1H3/t10-/m0/s1. The number of aliphatic hydroxyl groups is 1. The topological polar surface area (TPSA) is 72.3 Å². The maximum atomic E-state index is 9.02. The van der Waals surface area contributed by atoms with E-state index in [-0.39, 0.29) is 6.61 Å². The van der Waals surface area contributed by atoms with Crippen LogP contribution in [-0.2, 0) is 12.1 Å². The van der Waals surface area contributed by atoms with Gasteiger partial charge in [0.25, 0.3) is 0 Å².